The first-order valence-electron chi connectivity index (χ1n) is 25.4. The third kappa shape index (κ3) is 20.1. The highest BCUT2D eigenvalue weighted by atomic mass is 16.8. The van der Waals surface area contributed by atoms with Crippen molar-refractivity contribution in [2.45, 2.75) is 182 Å². The minimum atomic E-state index is -0.879. The number of benzene rings is 4. The van der Waals surface area contributed by atoms with Crippen molar-refractivity contribution in [3.63, 3.8) is 0 Å². The van der Waals surface area contributed by atoms with E-state index in [-0.39, 0.29) is 42.6 Å². The van der Waals surface area contributed by atoms with Crippen molar-refractivity contribution >= 4 is 23.9 Å². The Bertz CT molecular complexity index is 2420. The highest BCUT2D eigenvalue weighted by molar-refractivity contribution is 5.93. The van der Waals surface area contributed by atoms with Gasteiger partial charge >= 0.3 is 23.9 Å². The van der Waals surface area contributed by atoms with E-state index < -0.39 is 29.5 Å². The Morgan fingerprint density at radius 2 is 1.25 bits per heavy atom. The molecule has 0 aliphatic carbocycles. The van der Waals surface area contributed by atoms with E-state index in [1.54, 1.807) is 67.6 Å². The molecule has 0 spiro atoms. The second-order valence-corrected chi connectivity index (χ2v) is 20.0. The number of carbonyl (C=O) groups is 4. The van der Waals surface area contributed by atoms with Crippen LogP contribution in [-0.2, 0) is 36.5 Å². The summed E-state index contributed by atoms with van der Waals surface area (Å²) in [5.41, 5.74) is 7.84. The van der Waals surface area contributed by atoms with E-state index in [1.165, 1.54) is 5.56 Å². The number of hydrogen-bond acceptors (Lipinski definition) is 10. The number of carbonyl (C=O) groups excluding carboxylic acids is 1. The Kier molecular flexibility index (Phi) is 23.3. The normalized spacial score (nSPS) is 22.0. The molecule has 2 fully saturated rings. The zero-order chi connectivity index (χ0) is 53.9. The fraction of sp³-hybridized carbons (Fsp3) is 0.467. The Morgan fingerprint density at radius 3 is 1.82 bits per heavy atom. The molecule has 0 saturated carbocycles. The lowest BCUT2D eigenvalue weighted by Crippen LogP contribution is -2.23. The smallest absolute Gasteiger partial charge is 0.338 e. The van der Waals surface area contributed by atoms with Gasteiger partial charge in [-0.05, 0) is 174 Å². The zero-order valence-corrected chi connectivity index (χ0v) is 44.4. The van der Waals surface area contributed by atoms with Crippen LogP contribution in [0.3, 0.4) is 0 Å². The first-order chi connectivity index (χ1) is 34.4. The van der Waals surface area contributed by atoms with Gasteiger partial charge in [-0.3, -0.25) is 0 Å². The molecule has 3 heterocycles. The Morgan fingerprint density at radius 1 is 0.699 bits per heavy atom. The summed E-state index contributed by atoms with van der Waals surface area (Å²) < 4.78 is 30.1. The van der Waals surface area contributed by atoms with E-state index in [1.807, 2.05) is 79.7 Å². The molecule has 3 aliphatic heterocycles. The van der Waals surface area contributed by atoms with Crippen LogP contribution in [0.1, 0.15) is 168 Å². The van der Waals surface area contributed by atoms with Gasteiger partial charge in [-0.2, -0.15) is 0 Å². The van der Waals surface area contributed by atoms with E-state index >= 15 is 0 Å². The minimum Gasteiger partial charge on any atom is -0.478 e. The minimum absolute atomic E-state index is 0.0228. The summed E-state index contributed by atoms with van der Waals surface area (Å²) in [6, 6.07) is 24.7. The molecular weight excluding hydrogens is 929 g/mol. The van der Waals surface area contributed by atoms with Crippen LogP contribution in [0.25, 0.3) is 0 Å². The fourth-order valence-corrected chi connectivity index (χ4v) is 9.29. The largest absolute Gasteiger partial charge is 0.478 e. The Hall–Kier alpha value is -5.96. The van der Waals surface area contributed by atoms with Crippen LogP contribution in [-0.4, -0.2) is 92.5 Å². The van der Waals surface area contributed by atoms with Crippen LogP contribution in [0.15, 0.2) is 109 Å². The molecule has 4 aromatic rings. The third-order valence-corrected chi connectivity index (χ3v) is 12.3. The maximum absolute atomic E-state index is 12.8. The van der Waals surface area contributed by atoms with Crippen LogP contribution < -0.4 is 0 Å². The predicted octanol–water partition coefficient (Wildman–Crippen LogP) is 12.4. The molecule has 3 unspecified atom stereocenters. The molecule has 396 valence electrons. The molecule has 6 atom stereocenters. The van der Waals surface area contributed by atoms with E-state index in [2.05, 4.69) is 31.2 Å². The predicted molar refractivity (Wildman–Crippen MR) is 282 cm³/mol. The molecule has 0 radical (unpaired) electrons. The summed E-state index contributed by atoms with van der Waals surface area (Å²) in [5, 5.41) is 35.7. The number of hydrogen-bond donors (Lipinski definition) is 4. The topological polar surface area (TPSA) is 195 Å². The number of aromatic carboxylic acids is 3. The van der Waals surface area contributed by atoms with Crippen LogP contribution in [0.2, 0.25) is 0 Å². The number of aliphatic hydroxyl groups excluding tert-OH is 1. The number of rotatable bonds is 11. The first-order valence-corrected chi connectivity index (χ1v) is 25.4. The summed E-state index contributed by atoms with van der Waals surface area (Å²) in [6.07, 6.45) is 15.8. The highest BCUT2D eigenvalue weighted by Gasteiger charge is 2.41. The van der Waals surface area contributed by atoms with Crippen molar-refractivity contribution in [1.82, 2.24) is 0 Å². The molecule has 7 rings (SSSR count). The standard InChI is InChI=1S/C23H34O5.C23H32O4.2C7H6O2/c1-15-13-16(2)21(22(25)26)18(14-15)10-8-12-20-19(27-23(4,5)28-20)11-7-6-9-17(3)24;1-15-13-16(2)21-18(14-15)10-8-12-20-19(26-23(4,5)27-20)11-7-6-9-17(3)25-22(21)24;2*8-7(9)6-4-2-1-3-5-6/h6-7,13-14,17,19-20,24H,8-12H2,1-5H3,(H,25,26);6-7,13-14,17,19-20H,8-12H2,1-5H3;2*1-5H,(H,8,9)/b2*7-6-;;/t17-,19?,20-;17?,19?,20-;;/m00../s1. The van der Waals surface area contributed by atoms with Gasteiger partial charge in [-0.1, -0.05) is 96.1 Å². The number of carboxylic acids is 3. The van der Waals surface area contributed by atoms with Gasteiger partial charge in [0.2, 0.25) is 0 Å². The maximum Gasteiger partial charge on any atom is 0.338 e. The molecule has 13 nitrogen and oxygen atoms in total. The fourth-order valence-electron chi connectivity index (χ4n) is 9.29. The second kappa shape index (κ2) is 28.5. The van der Waals surface area contributed by atoms with Gasteiger partial charge < -0.3 is 44.1 Å². The molecule has 0 aromatic heterocycles. The van der Waals surface area contributed by atoms with Gasteiger partial charge in [0, 0.05) is 6.42 Å². The van der Waals surface area contributed by atoms with Gasteiger partial charge in [-0.15, -0.1) is 0 Å². The van der Waals surface area contributed by atoms with Gasteiger partial charge in [0.1, 0.15) is 6.10 Å². The van der Waals surface area contributed by atoms with Crippen molar-refractivity contribution in [2.75, 3.05) is 0 Å². The van der Waals surface area contributed by atoms with Gasteiger partial charge in [-0.25, -0.2) is 19.2 Å². The van der Waals surface area contributed by atoms with E-state index in [4.69, 9.17) is 33.9 Å². The Balaban J connectivity index is 0.000000237. The molecule has 73 heavy (non-hydrogen) atoms. The number of aryl methyl sites for hydroxylation is 6. The van der Waals surface area contributed by atoms with E-state index in [9.17, 15) is 29.4 Å². The molecular formula is C60H78O13. The SMILES string of the molecule is Cc1cc(C)c(C(=O)O)c(CCC[C@@H]2OC(C)(C)OC2C/C=C\C[C@H](C)O)c1.Cc1cc(C)c2c(c1)CCC[C@@H]1OC(C)(C)OC1C/C=C\CC(C)OC2=O.O=C(O)c1ccccc1.O=C(O)c1ccccc1. The van der Waals surface area contributed by atoms with Crippen molar-refractivity contribution < 1.29 is 63.3 Å². The molecule has 0 bridgehead atoms. The molecule has 4 aromatic carbocycles. The average molecular weight is 1010 g/mol. The van der Waals surface area contributed by atoms with Crippen LogP contribution in [0, 0.1) is 27.7 Å². The second-order valence-electron chi connectivity index (χ2n) is 20.0. The van der Waals surface area contributed by atoms with Crippen LogP contribution >= 0.6 is 0 Å². The zero-order valence-electron chi connectivity index (χ0n) is 44.4. The molecule has 4 N–H and O–H groups in total. The number of fused-ring (bicyclic) bond motifs is 2. The number of cyclic esters (lactones) is 1. The van der Waals surface area contributed by atoms with Crippen LogP contribution in [0.4, 0.5) is 0 Å². The summed E-state index contributed by atoms with van der Waals surface area (Å²) in [7, 11) is 0. The van der Waals surface area contributed by atoms with Gasteiger partial charge in [0.25, 0.3) is 0 Å². The van der Waals surface area contributed by atoms with Gasteiger partial charge in [0.05, 0.1) is 52.8 Å². The number of ether oxygens (including phenoxy) is 5. The maximum atomic E-state index is 12.8. The van der Waals surface area contributed by atoms with E-state index in [0.29, 0.717) is 36.0 Å². The molecule has 3 aliphatic rings. The number of aliphatic hydroxyl groups is 1. The Labute approximate surface area is 432 Å². The van der Waals surface area contributed by atoms with Gasteiger partial charge in [0.15, 0.2) is 11.6 Å². The van der Waals surface area contributed by atoms with Crippen molar-refractivity contribution in [2.24, 2.45) is 0 Å². The lowest BCUT2D eigenvalue weighted by atomic mass is 9.93. The average Bonchev–Trinajstić information content (AvgIpc) is 3.78. The number of carboxylic acid groups (broad SMARTS) is 3. The summed E-state index contributed by atoms with van der Waals surface area (Å²) in [6.45, 7) is 19.4. The van der Waals surface area contributed by atoms with Crippen molar-refractivity contribution in [3.05, 3.63) is 165 Å². The molecule has 13 heteroatoms. The lowest BCUT2D eigenvalue weighted by Gasteiger charge is -2.19. The lowest BCUT2D eigenvalue weighted by molar-refractivity contribution is -0.147. The molecule has 0 amide bonds. The summed E-state index contributed by atoms with van der Waals surface area (Å²) in [4.78, 5) is 44.8. The van der Waals surface area contributed by atoms with E-state index in [0.717, 1.165) is 78.3 Å². The third-order valence-electron chi connectivity index (χ3n) is 12.3. The number of esters is 1. The monoisotopic (exact) mass is 1010 g/mol. The first kappa shape index (κ1) is 59.6. The van der Waals surface area contributed by atoms with Crippen molar-refractivity contribution in [3.8, 4) is 0 Å². The molecule has 2 saturated heterocycles. The summed E-state index contributed by atoms with van der Waals surface area (Å²) in [5.74, 6) is -3.98. The quantitative estimate of drug-likeness (QED) is 0.0819. The van der Waals surface area contributed by atoms with Crippen LogP contribution in [0.5, 0.6) is 0 Å². The van der Waals surface area contributed by atoms with Crippen molar-refractivity contribution in [1.29, 1.82) is 0 Å². The summed E-state index contributed by atoms with van der Waals surface area (Å²) >= 11 is 0. The highest BCUT2D eigenvalue weighted by Crippen LogP contribution is 2.35.